The summed E-state index contributed by atoms with van der Waals surface area (Å²) in [7, 11) is 0. The van der Waals surface area contributed by atoms with Gasteiger partial charge in [-0.3, -0.25) is 0 Å². The summed E-state index contributed by atoms with van der Waals surface area (Å²) in [5, 5.41) is 2.24. The van der Waals surface area contributed by atoms with Crippen molar-refractivity contribution in [3.8, 4) is 0 Å². The Hall–Kier alpha value is -0.870. The first-order valence-electron chi connectivity index (χ1n) is 2.90. The van der Waals surface area contributed by atoms with E-state index in [1.54, 1.807) is 0 Å². The van der Waals surface area contributed by atoms with Gasteiger partial charge in [0.05, 0.1) is 6.04 Å². The molecule has 0 radical (unpaired) electrons. The van der Waals surface area contributed by atoms with E-state index in [1.165, 1.54) is 0 Å². The minimum absolute atomic E-state index is 0.0587. The zero-order valence-electron chi connectivity index (χ0n) is 5.14. The maximum atomic E-state index is 11.6. The van der Waals surface area contributed by atoms with Crippen molar-refractivity contribution in [2.24, 2.45) is 0 Å². The van der Waals surface area contributed by atoms with Crippen LogP contribution in [0.25, 0.3) is 0 Å². The summed E-state index contributed by atoms with van der Waals surface area (Å²) in [6.45, 7) is 0.0587. The fourth-order valence-electron chi connectivity index (χ4n) is 0.768. The third-order valence-corrected chi connectivity index (χ3v) is 1.20. The Morgan fingerprint density at radius 2 is 2.50 bits per heavy atom. The van der Waals surface area contributed by atoms with Crippen molar-refractivity contribution in [2.75, 3.05) is 6.61 Å². The molecule has 1 rings (SSSR count). The average molecular weight is 151 g/mol. The van der Waals surface area contributed by atoms with Crippen LogP contribution in [0.5, 0.6) is 0 Å². The van der Waals surface area contributed by atoms with E-state index >= 15 is 0 Å². The normalized spacial score (nSPS) is 24.7. The van der Waals surface area contributed by atoms with E-state index < -0.39 is 18.6 Å². The van der Waals surface area contributed by atoms with E-state index in [0.717, 1.165) is 0 Å². The van der Waals surface area contributed by atoms with E-state index in [-0.39, 0.29) is 13.0 Å². The number of carbonyl (C=O) groups is 1. The van der Waals surface area contributed by atoms with Gasteiger partial charge in [-0.25, -0.2) is 13.6 Å². The van der Waals surface area contributed by atoms with Crippen LogP contribution in [0.1, 0.15) is 6.42 Å². The first-order valence-corrected chi connectivity index (χ1v) is 2.90. The zero-order chi connectivity index (χ0) is 7.56. The summed E-state index contributed by atoms with van der Waals surface area (Å²) >= 11 is 0. The molecule has 1 aliphatic rings. The third-order valence-electron chi connectivity index (χ3n) is 1.20. The van der Waals surface area contributed by atoms with Crippen LogP contribution in [-0.4, -0.2) is 25.2 Å². The highest BCUT2D eigenvalue weighted by Crippen LogP contribution is 2.08. The van der Waals surface area contributed by atoms with E-state index in [2.05, 4.69) is 10.1 Å². The predicted octanol–water partition coefficient (Wildman–Crippen LogP) is 0.750. The van der Waals surface area contributed by atoms with Gasteiger partial charge >= 0.3 is 6.09 Å². The minimum Gasteiger partial charge on any atom is -0.447 e. The number of ether oxygens (including phenoxy) is 1. The van der Waals surface area contributed by atoms with Crippen molar-refractivity contribution in [1.82, 2.24) is 5.32 Å². The SMILES string of the molecule is O=C1NC(CC(F)F)CO1. The molecule has 1 N–H and O–H groups in total. The molecule has 5 heteroatoms. The molecular weight excluding hydrogens is 144 g/mol. The smallest absolute Gasteiger partial charge is 0.407 e. The Bertz CT molecular complexity index is 140. The van der Waals surface area contributed by atoms with E-state index in [1.807, 2.05) is 0 Å². The van der Waals surface area contributed by atoms with Crippen molar-refractivity contribution >= 4 is 6.09 Å². The molecule has 0 saturated carbocycles. The van der Waals surface area contributed by atoms with Crippen LogP contribution in [0.4, 0.5) is 13.6 Å². The van der Waals surface area contributed by atoms with Crippen molar-refractivity contribution in [2.45, 2.75) is 18.9 Å². The lowest BCUT2D eigenvalue weighted by molar-refractivity contribution is 0.121. The summed E-state index contributed by atoms with van der Waals surface area (Å²) in [6, 6.07) is -0.507. The molecule has 1 unspecified atom stereocenters. The molecule has 0 aromatic heterocycles. The van der Waals surface area contributed by atoms with Crippen LogP contribution >= 0.6 is 0 Å². The number of carbonyl (C=O) groups excluding carboxylic acids is 1. The standard InChI is InChI=1S/C5H7F2NO2/c6-4(7)1-3-2-10-5(9)8-3/h3-4H,1-2H2,(H,8,9). The Kier molecular flexibility index (Phi) is 2.03. The van der Waals surface area contributed by atoms with Gasteiger partial charge in [0.15, 0.2) is 0 Å². The van der Waals surface area contributed by atoms with Gasteiger partial charge in [0.2, 0.25) is 6.43 Å². The van der Waals surface area contributed by atoms with Crippen LogP contribution in [0.3, 0.4) is 0 Å². The average Bonchev–Trinajstić information content (AvgIpc) is 2.13. The van der Waals surface area contributed by atoms with Crippen LogP contribution in [-0.2, 0) is 4.74 Å². The maximum Gasteiger partial charge on any atom is 0.407 e. The molecule has 10 heavy (non-hydrogen) atoms. The Morgan fingerprint density at radius 3 is 2.90 bits per heavy atom. The van der Waals surface area contributed by atoms with Crippen LogP contribution in [0.15, 0.2) is 0 Å². The number of amides is 1. The van der Waals surface area contributed by atoms with Gasteiger partial charge in [-0.2, -0.15) is 0 Å². The number of cyclic esters (lactones) is 1. The largest absolute Gasteiger partial charge is 0.447 e. The molecule has 0 aromatic rings. The summed E-state index contributed by atoms with van der Waals surface area (Å²) in [4.78, 5) is 10.3. The molecule has 1 fully saturated rings. The Labute approximate surface area is 56.3 Å². The molecule has 1 amide bonds. The lowest BCUT2D eigenvalue weighted by Gasteiger charge is -2.03. The van der Waals surface area contributed by atoms with E-state index in [0.29, 0.717) is 0 Å². The van der Waals surface area contributed by atoms with Gasteiger partial charge in [-0.1, -0.05) is 0 Å². The summed E-state index contributed by atoms with van der Waals surface area (Å²) in [5.74, 6) is 0. The molecule has 58 valence electrons. The monoisotopic (exact) mass is 151 g/mol. The topological polar surface area (TPSA) is 38.3 Å². The molecule has 0 bridgehead atoms. The van der Waals surface area contributed by atoms with Crippen LogP contribution in [0, 0.1) is 0 Å². The highest BCUT2D eigenvalue weighted by Gasteiger charge is 2.24. The van der Waals surface area contributed by atoms with Gasteiger partial charge in [-0.05, 0) is 0 Å². The number of nitrogens with one attached hydrogen (secondary N) is 1. The number of halogens is 2. The Morgan fingerprint density at radius 1 is 1.80 bits per heavy atom. The quantitative estimate of drug-likeness (QED) is 0.632. The number of alkyl carbamates (subject to hydrolysis) is 1. The summed E-state index contributed by atoms with van der Waals surface area (Å²) in [6.07, 6.45) is -3.32. The lowest BCUT2D eigenvalue weighted by Crippen LogP contribution is -2.27. The number of alkyl halides is 2. The number of hydrogen-bond donors (Lipinski definition) is 1. The predicted molar refractivity (Wildman–Crippen MR) is 28.9 cm³/mol. The first kappa shape index (κ1) is 7.24. The first-order chi connectivity index (χ1) is 4.68. The number of rotatable bonds is 2. The van der Waals surface area contributed by atoms with Gasteiger partial charge < -0.3 is 10.1 Å². The van der Waals surface area contributed by atoms with Gasteiger partial charge in [-0.15, -0.1) is 0 Å². The van der Waals surface area contributed by atoms with E-state index in [4.69, 9.17) is 0 Å². The highest BCUT2D eigenvalue weighted by atomic mass is 19.3. The molecule has 1 aliphatic heterocycles. The summed E-state index contributed by atoms with van der Waals surface area (Å²) < 4.78 is 27.6. The Balaban J connectivity index is 2.24. The molecule has 3 nitrogen and oxygen atoms in total. The second-order valence-corrected chi connectivity index (χ2v) is 2.07. The van der Waals surface area contributed by atoms with Crippen molar-refractivity contribution in [1.29, 1.82) is 0 Å². The number of hydrogen-bond acceptors (Lipinski definition) is 2. The molecule has 1 atom stereocenters. The molecule has 0 spiro atoms. The lowest BCUT2D eigenvalue weighted by atomic mass is 10.2. The van der Waals surface area contributed by atoms with Gasteiger partial charge in [0, 0.05) is 6.42 Å². The van der Waals surface area contributed by atoms with Crippen molar-refractivity contribution < 1.29 is 18.3 Å². The van der Waals surface area contributed by atoms with Crippen LogP contribution < -0.4 is 5.32 Å². The van der Waals surface area contributed by atoms with Crippen molar-refractivity contribution in [3.63, 3.8) is 0 Å². The summed E-state index contributed by atoms with van der Waals surface area (Å²) in [5.41, 5.74) is 0. The van der Waals surface area contributed by atoms with Crippen LogP contribution in [0.2, 0.25) is 0 Å². The minimum atomic E-state index is -2.38. The molecule has 0 aliphatic carbocycles. The van der Waals surface area contributed by atoms with E-state index in [9.17, 15) is 13.6 Å². The van der Waals surface area contributed by atoms with Gasteiger partial charge in [0.25, 0.3) is 0 Å². The maximum absolute atomic E-state index is 11.6. The fraction of sp³-hybridized carbons (Fsp3) is 0.800. The zero-order valence-corrected chi connectivity index (χ0v) is 5.14. The molecule has 0 aromatic carbocycles. The molecule has 1 heterocycles. The fourth-order valence-corrected chi connectivity index (χ4v) is 0.768. The molecule has 1 saturated heterocycles. The molecular formula is C5H7F2NO2. The second-order valence-electron chi connectivity index (χ2n) is 2.07. The van der Waals surface area contributed by atoms with Crippen molar-refractivity contribution in [3.05, 3.63) is 0 Å². The highest BCUT2D eigenvalue weighted by molar-refractivity contribution is 5.69. The third kappa shape index (κ3) is 1.82. The van der Waals surface area contributed by atoms with Gasteiger partial charge in [0.1, 0.15) is 6.61 Å². The second kappa shape index (κ2) is 2.81.